The van der Waals surface area contributed by atoms with Gasteiger partial charge in [0.1, 0.15) is 11.9 Å². The second-order valence-corrected chi connectivity index (χ2v) is 5.86. The third-order valence-electron chi connectivity index (χ3n) is 4.00. The van der Waals surface area contributed by atoms with Crippen molar-refractivity contribution < 1.29 is 22.4 Å². The van der Waals surface area contributed by atoms with E-state index in [1.807, 2.05) is 0 Å². The van der Waals surface area contributed by atoms with E-state index < -0.39 is 24.1 Å². The number of halogens is 4. The molecule has 3 rings (SSSR count). The molecule has 0 saturated carbocycles. The molecule has 1 fully saturated rings. The second-order valence-electron chi connectivity index (χ2n) is 5.86. The summed E-state index contributed by atoms with van der Waals surface area (Å²) in [6.07, 6.45) is -3.08. The number of hydrogen-bond donors (Lipinski definition) is 1. The molecular weight excluding hydrogens is 354 g/mol. The zero-order valence-electron chi connectivity index (χ0n) is 13.7. The minimum Gasteiger partial charge on any atom is -0.303 e. The van der Waals surface area contributed by atoms with Crippen molar-refractivity contribution in [2.24, 2.45) is 0 Å². The van der Waals surface area contributed by atoms with Gasteiger partial charge >= 0.3 is 6.18 Å². The van der Waals surface area contributed by atoms with E-state index in [2.05, 4.69) is 20.3 Å². The fraction of sp³-hybridized carbons (Fsp3) is 0.375. The smallest absolute Gasteiger partial charge is 0.303 e. The van der Waals surface area contributed by atoms with E-state index >= 15 is 0 Å². The van der Waals surface area contributed by atoms with E-state index in [1.165, 1.54) is 30.3 Å². The number of anilines is 1. The minimum atomic E-state index is -4.52. The highest BCUT2D eigenvalue weighted by Gasteiger charge is 2.33. The Kier molecular flexibility index (Phi) is 4.86. The molecule has 0 aromatic carbocycles. The lowest BCUT2D eigenvalue weighted by Gasteiger charge is -2.19. The van der Waals surface area contributed by atoms with Crippen LogP contribution in [0.4, 0.5) is 23.5 Å². The lowest BCUT2D eigenvalue weighted by molar-refractivity contribution is -0.141. The number of nitrogens with one attached hydrogen (secondary N) is 1. The van der Waals surface area contributed by atoms with Crippen molar-refractivity contribution in [3.8, 4) is 11.3 Å². The van der Waals surface area contributed by atoms with Crippen LogP contribution in [0.25, 0.3) is 11.3 Å². The maximum atomic E-state index is 13.3. The molecule has 0 bridgehead atoms. The largest absolute Gasteiger partial charge is 0.433 e. The van der Waals surface area contributed by atoms with Crippen LogP contribution in [-0.2, 0) is 11.0 Å². The molecule has 0 aliphatic carbocycles. The van der Waals surface area contributed by atoms with Crippen molar-refractivity contribution >= 4 is 11.9 Å². The number of hydrogen-bond acceptors (Lipinski definition) is 5. The Balaban J connectivity index is 1.80. The van der Waals surface area contributed by atoms with Crippen molar-refractivity contribution in [2.75, 3.05) is 18.5 Å². The van der Waals surface area contributed by atoms with Gasteiger partial charge in [-0.15, -0.1) is 0 Å². The van der Waals surface area contributed by atoms with Gasteiger partial charge in [0, 0.05) is 38.0 Å². The minimum absolute atomic E-state index is 0.0662. The van der Waals surface area contributed by atoms with Gasteiger partial charge in [0.25, 0.3) is 0 Å². The van der Waals surface area contributed by atoms with E-state index in [9.17, 15) is 22.4 Å². The number of carbonyl (C=O) groups excluding carboxylic acids is 1. The molecule has 2 aromatic heterocycles. The summed E-state index contributed by atoms with van der Waals surface area (Å²) in [6, 6.07) is 2.94. The number of alkyl halides is 4. The van der Waals surface area contributed by atoms with Crippen LogP contribution in [0.1, 0.15) is 12.1 Å². The summed E-state index contributed by atoms with van der Waals surface area (Å²) in [5, 5.41) is 2.79. The number of pyridine rings is 1. The monoisotopic (exact) mass is 369 g/mol. The number of aromatic nitrogens is 3. The molecule has 6 nitrogen and oxygen atoms in total. The molecule has 138 valence electrons. The summed E-state index contributed by atoms with van der Waals surface area (Å²) in [5.74, 6) is -0.315. The Bertz CT molecular complexity index is 796. The summed E-state index contributed by atoms with van der Waals surface area (Å²) in [5.41, 5.74) is -0.333. The average Bonchev–Trinajstić information content (AvgIpc) is 3.06. The van der Waals surface area contributed by atoms with E-state index in [0.717, 1.165) is 12.3 Å². The highest BCUT2D eigenvalue weighted by atomic mass is 19.4. The van der Waals surface area contributed by atoms with Crippen LogP contribution in [-0.4, -0.2) is 46.7 Å². The molecule has 26 heavy (non-hydrogen) atoms. The van der Waals surface area contributed by atoms with E-state index in [4.69, 9.17) is 0 Å². The molecule has 1 aliphatic rings. The number of likely N-dealkylation sites (N-methyl/N-ethyl adjacent to an activating group) is 1. The van der Waals surface area contributed by atoms with Crippen molar-refractivity contribution in [1.82, 2.24) is 20.3 Å². The van der Waals surface area contributed by atoms with E-state index in [-0.39, 0.29) is 24.8 Å². The molecular formula is C16H15F4N5O. The summed E-state index contributed by atoms with van der Waals surface area (Å²) in [4.78, 5) is 25.2. The van der Waals surface area contributed by atoms with E-state index in [1.54, 1.807) is 0 Å². The van der Waals surface area contributed by atoms with Gasteiger partial charge in [-0.25, -0.2) is 14.4 Å². The van der Waals surface area contributed by atoms with Gasteiger partial charge in [0.15, 0.2) is 0 Å². The Hall–Kier alpha value is -2.62. The Morgan fingerprint density at radius 2 is 2.04 bits per heavy atom. The molecule has 0 radical (unpaired) electrons. The zero-order valence-corrected chi connectivity index (χ0v) is 13.7. The Morgan fingerprint density at radius 3 is 2.62 bits per heavy atom. The van der Waals surface area contributed by atoms with Gasteiger partial charge in [-0.05, 0) is 18.2 Å². The molecule has 1 saturated heterocycles. The third kappa shape index (κ3) is 3.79. The maximum absolute atomic E-state index is 13.3. The molecule has 3 heterocycles. The van der Waals surface area contributed by atoms with Crippen molar-refractivity contribution in [3.63, 3.8) is 0 Å². The first kappa shape index (κ1) is 18.2. The number of nitrogens with zero attached hydrogens (tertiary/aromatic N) is 4. The lowest BCUT2D eigenvalue weighted by atomic mass is 10.2. The third-order valence-corrected chi connectivity index (χ3v) is 4.00. The molecule has 2 aromatic rings. The highest BCUT2D eigenvalue weighted by Crippen LogP contribution is 2.28. The predicted molar refractivity (Wildman–Crippen MR) is 85.0 cm³/mol. The predicted octanol–water partition coefficient (Wildman–Crippen LogP) is 2.22. The number of rotatable bonds is 3. The SMILES string of the molecule is CN(C(=O)C1CC(F)CN1)c1nccc(-c2ccc(C(F)(F)F)nc2)n1. The van der Waals surface area contributed by atoms with Crippen LogP contribution in [0.2, 0.25) is 0 Å². The number of carbonyl (C=O) groups is 1. The fourth-order valence-corrected chi connectivity index (χ4v) is 2.60. The average molecular weight is 369 g/mol. The topological polar surface area (TPSA) is 71.0 Å². The van der Waals surface area contributed by atoms with Gasteiger partial charge in [-0.3, -0.25) is 14.7 Å². The lowest BCUT2D eigenvalue weighted by Crippen LogP contribution is -2.42. The van der Waals surface area contributed by atoms with Crippen LogP contribution in [0.3, 0.4) is 0 Å². The van der Waals surface area contributed by atoms with Crippen LogP contribution in [0.5, 0.6) is 0 Å². The van der Waals surface area contributed by atoms with Crippen LogP contribution in [0.15, 0.2) is 30.6 Å². The van der Waals surface area contributed by atoms with Crippen molar-refractivity contribution in [2.45, 2.75) is 24.8 Å². The van der Waals surface area contributed by atoms with Crippen molar-refractivity contribution in [3.05, 3.63) is 36.3 Å². The molecule has 1 N–H and O–H groups in total. The Morgan fingerprint density at radius 1 is 1.27 bits per heavy atom. The van der Waals surface area contributed by atoms with E-state index in [0.29, 0.717) is 11.3 Å². The summed E-state index contributed by atoms with van der Waals surface area (Å²) >= 11 is 0. The van der Waals surface area contributed by atoms with Crippen LogP contribution >= 0.6 is 0 Å². The van der Waals surface area contributed by atoms with Crippen molar-refractivity contribution in [1.29, 1.82) is 0 Å². The summed E-state index contributed by atoms with van der Waals surface area (Å²) < 4.78 is 51.0. The Labute approximate surface area is 146 Å². The first-order chi connectivity index (χ1) is 12.3. The van der Waals surface area contributed by atoms with Gasteiger partial charge in [-0.2, -0.15) is 13.2 Å². The summed E-state index contributed by atoms with van der Waals surface area (Å²) in [7, 11) is 1.46. The first-order valence-electron chi connectivity index (χ1n) is 7.77. The fourth-order valence-electron chi connectivity index (χ4n) is 2.60. The highest BCUT2D eigenvalue weighted by molar-refractivity contribution is 5.95. The van der Waals surface area contributed by atoms with Gasteiger partial charge in [-0.1, -0.05) is 0 Å². The standard InChI is InChI=1S/C16H15F4N5O/c1-25(14(26)12-6-10(17)8-22-12)15-21-5-4-11(24-15)9-2-3-13(23-7-9)16(18,19)20/h2-5,7,10,12,22H,6,8H2,1H3. The molecule has 1 amide bonds. The molecule has 10 heteroatoms. The molecule has 1 aliphatic heterocycles. The summed E-state index contributed by atoms with van der Waals surface area (Å²) in [6.45, 7) is 0.113. The quantitative estimate of drug-likeness (QED) is 0.840. The van der Waals surface area contributed by atoms with Crippen LogP contribution < -0.4 is 10.2 Å². The van der Waals surface area contributed by atoms with Crippen LogP contribution in [0, 0.1) is 0 Å². The van der Waals surface area contributed by atoms with Gasteiger partial charge in [0.05, 0.1) is 11.7 Å². The second kappa shape index (κ2) is 6.94. The zero-order chi connectivity index (χ0) is 18.9. The first-order valence-corrected chi connectivity index (χ1v) is 7.77. The molecule has 0 spiro atoms. The molecule has 2 unspecified atom stereocenters. The maximum Gasteiger partial charge on any atom is 0.433 e. The van der Waals surface area contributed by atoms with Gasteiger partial charge < -0.3 is 5.32 Å². The number of amides is 1. The molecule has 2 atom stereocenters. The van der Waals surface area contributed by atoms with Gasteiger partial charge in [0.2, 0.25) is 11.9 Å². The normalized spacial score (nSPS) is 20.2.